The molecule has 1 saturated carbocycles. The van der Waals surface area contributed by atoms with E-state index in [1.165, 1.54) is 31.4 Å². The highest BCUT2D eigenvalue weighted by Gasteiger charge is 2.20. The smallest absolute Gasteiger partial charge is 0.224 e. The third kappa shape index (κ3) is 4.97. The van der Waals surface area contributed by atoms with Crippen molar-refractivity contribution in [1.29, 1.82) is 0 Å². The summed E-state index contributed by atoms with van der Waals surface area (Å²) in [7, 11) is 0. The Labute approximate surface area is 168 Å². The highest BCUT2D eigenvalue weighted by Crippen LogP contribution is 2.33. The van der Waals surface area contributed by atoms with Gasteiger partial charge in [0.15, 0.2) is 0 Å². The summed E-state index contributed by atoms with van der Waals surface area (Å²) in [6.45, 7) is 6.55. The normalized spacial score (nSPS) is 21.1. The van der Waals surface area contributed by atoms with Crippen LogP contribution in [0.5, 0.6) is 0 Å². The molecule has 1 aromatic rings. The lowest BCUT2D eigenvalue weighted by atomic mass is 10.0. The average molecular weight is 388 g/mol. The molecule has 1 amide bonds. The average Bonchev–Trinajstić information content (AvgIpc) is 3.28. The molecule has 28 heavy (non-hydrogen) atoms. The first-order valence-corrected chi connectivity index (χ1v) is 10.9. The maximum absolute atomic E-state index is 12.6. The van der Waals surface area contributed by atoms with Crippen molar-refractivity contribution in [2.45, 2.75) is 38.5 Å². The Balaban J connectivity index is 1.46. The zero-order valence-corrected chi connectivity index (χ0v) is 16.8. The third-order valence-electron chi connectivity index (χ3n) is 6.24. The Morgan fingerprint density at radius 3 is 2.29 bits per heavy atom. The van der Waals surface area contributed by atoms with Crippen LogP contribution in [0.1, 0.15) is 38.5 Å². The topological polar surface area (TPSA) is 54.0 Å². The summed E-state index contributed by atoms with van der Waals surface area (Å²) >= 11 is 0. The molecular formula is C22H33N3O3. The molecule has 2 aliphatic heterocycles. The second-order valence-corrected chi connectivity index (χ2v) is 8.14. The fraction of sp³-hybridized carbons (Fsp3) is 0.682. The molecule has 2 heterocycles. The summed E-state index contributed by atoms with van der Waals surface area (Å²) < 4.78 is 11.0. The number of hydrogen-bond acceptors (Lipinski definition) is 5. The fourth-order valence-electron chi connectivity index (χ4n) is 4.56. The van der Waals surface area contributed by atoms with Gasteiger partial charge in [-0.2, -0.15) is 0 Å². The van der Waals surface area contributed by atoms with E-state index in [0.29, 0.717) is 6.42 Å². The van der Waals surface area contributed by atoms with E-state index in [2.05, 4.69) is 33.3 Å². The van der Waals surface area contributed by atoms with Crippen LogP contribution >= 0.6 is 0 Å². The lowest BCUT2D eigenvalue weighted by Gasteiger charge is -2.33. The van der Waals surface area contributed by atoms with Gasteiger partial charge >= 0.3 is 0 Å². The van der Waals surface area contributed by atoms with Crippen LogP contribution in [0.3, 0.4) is 0 Å². The Bertz CT molecular complexity index is 648. The second kappa shape index (κ2) is 9.61. The van der Waals surface area contributed by atoms with E-state index in [9.17, 15) is 4.79 Å². The maximum atomic E-state index is 12.6. The van der Waals surface area contributed by atoms with Crippen LogP contribution in [0.4, 0.5) is 17.1 Å². The fourth-order valence-corrected chi connectivity index (χ4v) is 4.56. The Morgan fingerprint density at radius 1 is 0.964 bits per heavy atom. The molecule has 0 radical (unpaired) electrons. The molecule has 6 nitrogen and oxygen atoms in total. The summed E-state index contributed by atoms with van der Waals surface area (Å²) in [4.78, 5) is 17.3. The maximum Gasteiger partial charge on any atom is 0.224 e. The molecule has 1 aliphatic carbocycles. The van der Waals surface area contributed by atoms with Crippen LogP contribution in [-0.4, -0.2) is 58.5 Å². The Hall–Kier alpha value is -1.79. The lowest BCUT2D eigenvalue weighted by molar-refractivity contribution is -0.116. The molecule has 6 heteroatoms. The van der Waals surface area contributed by atoms with Crippen LogP contribution < -0.4 is 15.1 Å². The zero-order valence-electron chi connectivity index (χ0n) is 16.8. The molecule has 1 N–H and O–H groups in total. The quantitative estimate of drug-likeness (QED) is 0.812. The van der Waals surface area contributed by atoms with E-state index in [4.69, 9.17) is 9.47 Å². The number of rotatable bonds is 6. The molecule has 0 unspecified atom stereocenters. The predicted molar refractivity (Wildman–Crippen MR) is 112 cm³/mol. The first kappa shape index (κ1) is 19.5. The molecule has 4 rings (SSSR count). The number of nitrogens with one attached hydrogen (secondary N) is 1. The molecule has 1 aromatic carbocycles. The summed E-state index contributed by atoms with van der Waals surface area (Å²) in [5.41, 5.74) is 3.24. The highest BCUT2D eigenvalue weighted by molar-refractivity contribution is 5.95. The molecule has 2 saturated heterocycles. The van der Waals surface area contributed by atoms with Crippen molar-refractivity contribution < 1.29 is 14.3 Å². The summed E-state index contributed by atoms with van der Waals surface area (Å²) in [6.07, 6.45) is 6.89. The number of amides is 1. The van der Waals surface area contributed by atoms with E-state index in [1.807, 2.05) is 0 Å². The van der Waals surface area contributed by atoms with Crippen molar-refractivity contribution in [1.82, 2.24) is 0 Å². The largest absolute Gasteiger partial charge is 0.378 e. The summed E-state index contributed by atoms with van der Waals surface area (Å²) in [6, 6.07) is 6.42. The van der Waals surface area contributed by atoms with Gasteiger partial charge in [-0.25, -0.2) is 0 Å². The molecule has 3 fully saturated rings. The first-order valence-electron chi connectivity index (χ1n) is 10.9. The van der Waals surface area contributed by atoms with Crippen LogP contribution in [0.15, 0.2) is 18.2 Å². The Kier molecular flexibility index (Phi) is 6.70. The van der Waals surface area contributed by atoms with Gasteiger partial charge in [0.1, 0.15) is 0 Å². The Morgan fingerprint density at radius 2 is 1.61 bits per heavy atom. The van der Waals surface area contributed by atoms with Crippen LogP contribution in [0.2, 0.25) is 0 Å². The molecule has 0 atom stereocenters. The highest BCUT2D eigenvalue weighted by atomic mass is 16.5. The molecule has 0 bridgehead atoms. The number of carbonyl (C=O) groups is 1. The SMILES string of the molecule is O=C(CCC1CCCC1)Nc1ccc(N2CCOCC2)cc1N1CCOCC1. The standard InChI is InChI=1S/C22H33N3O3/c26-22(8-5-18-3-1-2-4-18)23-20-7-6-19(24-9-13-27-14-10-24)17-21(20)25-11-15-28-16-12-25/h6-7,17-18H,1-5,8-16H2,(H,23,26). The van der Waals surface area contributed by atoms with E-state index >= 15 is 0 Å². The van der Waals surface area contributed by atoms with Crippen molar-refractivity contribution in [2.24, 2.45) is 5.92 Å². The lowest BCUT2D eigenvalue weighted by Crippen LogP contribution is -2.38. The van der Waals surface area contributed by atoms with Gasteiger partial charge in [0.2, 0.25) is 5.91 Å². The number of morpholine rings is 2. The zero-order chi connectivity index (χ0) is 19.2. The van der Waals surface area contributed by atoms with Gasteiger partial charge in [-0.15, -0.1) is 0 Å². The van der Waals surface area contributed by atoms with Crippen molar-refractivity contribution in [2.75, 3.05) is 67.7 Å². The molecule has 154 valence electrons. The van der Waals surface area contributed by atoms with Crippen LogP contribution in [0.25, 0.3) is 0 Å². The number of anilines is 3. The minimum absolute atomic E-state index is 0.139. The minimum Gasteiger partial charge on any atom is -0.378 e. The second-order valence-electron chi connectivity index (χ2n) is 8.14. The van der Waals surface area contributed by atoms with E-state index < -0.39 is 0 Å². The molecule has 3 aliphatic rings. The van der Waals surface area contributed by atoms with Gasteiger partial charge < -0.3 is 24.6 Å². The summed E-state index contributed by atoms with van der Waals surface area (Å²) in [5, 5.41) is 3.20. The third-order valence-corrected chi connectivity index (χ3v) is 6.24. The number of hydrogen-bond donors (Lipinski definition) is 1. The number of ether oxygens (including phenoxy) is 2. The van der Waals surface area contributed by atoms with Crippen LogP contribution in [0, 0.1) is 5.92 Å². The number of benzene rings is 1. The van der Waals surface area contributed by atoms with Crippen molar-refractivity contribution >= 4 is 23.0 Å². The predicted octanol–water partition coefficient (Wildman–Crippen LogP) is 3.27. The van der Waals surface area contributed by atoms with Crippen molar-refractivity contribution in [3.8, 4) is 0 Å². The van der Waals surface area contributed by atoms with Crippen molar-refractivity contribution in [3.63, 3.8) is 0 Å². The van der Waals surface area contributed by atoms with Gasteiger partial charge in [-0.3, -0.25) is 4.79 Å². The van der Waals surface area contributed by atoms with Gasteiger partial charge in [-0.1, -0.05) is 25.7 Å². The van der Waals surface area contributed by atoms with E-state index in [-0.39, 0.29) is 5.91 Å². The van der Waals surface area contributed by atoms with E-state index in [1.54, 1.807) is 0 Å². The van der Waals surface area contributed by atoms with Gasteiger partial charge in [0.25, 0.3) is 0 Å². The summed E-state index contributed by atoms with van der Waals surface area (Å²) in [5.74, 6) is 0.883. The number of carbonyl (C=O) groups excluding carboxylic acids is 1. The minimum atomic E-state index is 0.139. The van der Waals surface area contributed by atoms with Crippen molar-refractivity contribution in [3.05, 3.63) is 18.2 Å². The number of nitrogens with zero attached hydrogens (tertiary/aromatic N) is 2. The van der Waals surface area contributed by atoms with Gasteiger partial charge in [0.05, 0.1) is 37.8 Å². The van der Waals surface area contributed by atoms with E-state index in [0.717, 1.165) is 76.3 Å². The first-order chi connectivity index (χ1) is 13.8. The molecular weight excluding hydrogens is 354 g/mol. The molecule has 0 aromatic heterocycles. The monoisotopic (exact) mass is 387 g/mol. The van der Waals surface area contributed by atoms with Gasteiger partial charge in [0, 0.05) is 38.3 Å². The van der Waals surface area contributed by atoms with Gasteiger partial charge in [-0.05, 0) is 30.5 Å². The molecule has 0 spiro atoms. The van der Waals surface area contributed by atoms with Crippen LogP contribution in [-0.2, 0) is 14.3 Å².